The normalized spacial score (nSPS) is 36.2. The zero-order chi connectivity index (χ0) is 9.42. The largest absolute Gasteiger partial charge is 0.343 e. The first-order valence-electron chi connectivity index (χ1n) is 4.80. The summed E-state index contributed by atoms with van der Waals surface area (Å²) in [4.78, 5) is 15.0. The summed E-state index contributed by atoms with van der Waals surface area (Å²) in [6.45, 7) is 1.97. The van der Waals surface area contributed by atoms with Gasteiger partial charge in [0.15, 0.2) is 0 Å². The lowest BCUT2D eigenvalue weighted by Crippen LogP contribution is -2.57. The van der Waals surface area contributed by atoms with Gasteiger partial charge in [-0.25, -0.2) is 4.39 Å². The molecule has 1 aliphatic heterocycles. The zero-order valence-electron chi connectivity index (χ0n) is 7.87. The van der Waals surface area contributed by atoms with Gasteiger partial charge in [0.25, 0.3) is 0 Å². The number of nitrogens with zero attached hydrogens (tertiary/aromatic N) is 2. The minimum Gasteiger partial charge on any atom is -0.343 e. The summed E-state index contributed by atoms with van der Waals surface area (Å²) in [6.07, 6.45) is 0.889. The number of alkyl halides is 1. The molecule has 0 aromatic rings. The molecule has 0 radical (unpaired) electrons. The molecule has 2 aliphatic rings. The van der Waals surface area contributed by atoms with Crippen LogP contribution < -0.4 is 0 Å². The molecule has 2 fully saturated rings. The van der Waals surface area contributed by atoms with E-state index >= 15 is 0 Å². The number of carbonyl (C=O) groups excluding carboxylic acids is 1. The molecule has 74 valence electrons. The predicted molar refractivity (Wildman–Crippen MR) is 47.1 cm³/mol. The van der Waals surface area contributed by atoms with Gasteiger partial charge in [-0.05, 0) is 12.8 Å². The Morgan fingerprint density at radius 3 is 2.62 bits per heavy atom. The summed E-state index contributed by atoms with van der Waals surface area (Å²) in [5.74, 6) is 0.116. The minimum atomic E-state index is -0.698. The van der Waals surface area contributed by atoms with Crippen molar-refractivity contribution in [3.05, 3.63) is 0 Å². The monoisotopic (exact) mass is 186 g/mol. The Labute approximate surface area is 77.5 Å². The molecule has 1 amide bonds. The number of hydrogen-bond acceptors (Lipinski definition) is 2. The summed E-state index contributed by atoms with van der Waals surface area (Å²) in [5.41, 5.74) is 0. The number of hydrogen-bond donors (Lipinski definition) is 0. The number of likely N-dealkylation sites (N-methyl/N-ethyl adjacent to an activating group) is 1. The Hall–Kier alpha value is -0.640. The molecule has 3 nitrogen and oxygen atoms in total. The first kappa shape index (κ1) is 8.94. The number of amides is 1. The van der Waals surface area contributed by atoms with E-state index in [4.69, 9.17) is 0 Å². The SMILES string of the molecule is CN1CCN(C2CCC2F)CC1=O. The van der Waals surface area contributed by atoms with Crippen LogP contribution in [0.25, 0.3) is 0 Å². The molecule has 1 saturated heterocycles. The second kappa shape index (κ2) is 3.25. The van der Waals surface area contributed by atoms with E-state index < -0.39 is 6.17 Å². The van der Waals surface area contributed by atoms with E-state index in [1.54, 1.807) is 11.9 Å². The molecular formula is C9H15FN2O. The number of rotatable bonds is 1. The third kappa shape index (κ3) is 1.55. The van der Waals surface area contributed by atoms with Crippen molar-refractivity contribution >= 4 is 5.91 Å². The van der Waals surface area contributed by atoms with Crippen LogP contribution in [0, 0.1) is 0 Å². The Bertz CT molecular complexity index is 222. The highest BCUT2D eigenvalue weighted by molar-refractivity contribution is 5.78. The van der Waals surface area contributed by atoms with E-state index in [1.165, 1.54) is 0 Å². The standard InChI is InChI=1S/C9H15FN2O/c1-11-4-5-12(6-9(11)13)8-3-2-7(8)10/h7-8H,2-6H2,1H3. The molecule has 13 heavy (non-hydrogen) atoms. The molecule has 0 spiro atoms. The fraction of sp³-hybridized carbons (Fsp3) is 0.889. The molecule has 1 aliphatic carbocycles. The molecule has 0 N–H and O–H groups in total. The molecule has 2 rings (SSSR count). The summed E-state index contributed by atoms with van der Waals surface area (Å²) in [6, 6.07) is 0.0256. The maximum atomic E-state index is 13.0. The highest BCUT2D eigenvalue weighted by Crippen LogP contribution is 2.29. The summed E-state index contributed by atoms with van der Waals surface area (Å²) < 4.78 is 13.0. The van der Waals surface area contributed by atoms with E-state index in [0.717, 1.165) is 19.5 Å². The third-order valence-corrected chi connectivity index (χ3v) is 3.11. The lowest BCUT2D eigenvalue weighted by Gasteiger charge is -2.43. The van der Waals surface area contributed by atoms with Gasteiger partial charge in [0, 0.05) is 26.2 Å². The van der Waals surface area contributed by atoms with Crippen LogP contribution in [0.15, 0.2) is 0 Å². The minimum absolute atomic E-state index is 0.0256. The summed E-state index contributed by atoms with van der Waals surface area (Å²) >= 11 is 0. The molecule has 4 heteroatoms. The van der Waals surface area contributed by atoms with Crippen molar-refractivity contribution in [3.8, 4) is 0 Å². The van der Waals surface area contributed by atoms with Crippen molar-refractivity contribution in [1.29, 1.82) is 0 Å². The maximum Gasteiger partial charge on any atom is 0.236 e. The Balaban J connectivity index is 1.91. The molecular weight excluding hydrogens is 171 g/mol. The van der Waals surface area contributed by atoms with Crippen LogP contribution in [-0.2, 0) is 4.79 Å². The van der Waals surface area contributed by atoms with Crippen LogP contribution in [-0.4, -0.2) is 54.6 Å². The van der Waals surface area contributed by atoms with Crippen LogP contribution in [0.3, 0.4) is 0 Å². The Morgan fingerprint density at radius 1 is 1.38 bits per heavy atom. The molecule has 0 aromatic heterocycles. The third-order valence-electron chi connectivity index (χ3n) is 3.11. The van der Waals surface area contributed by atoms with Gasteiger partial charge in [0.2, 0.25) is 5.91 Å². The topological polar surface area (TPSA) is 23.6 Å². The average molecular weight is 186 g/mol. The predicted octanol–water partition coefficient (Wildman–Crippen LogP) is 0.261. The molecule has 1 heterocycles. The van der Waals surface area contributed by atoms with Crippen molar-refractivity contribution in [1.82, 2.24) is 9.80 Å². The number of carbonyl (C=O) groups is 1. The molecule has 2 atom stereocenters. The zero-order valence-corrected chi connectivity index (χ0v) is 7.87. The van der Waals surface area contributed by atoms with Crippen molar-refractivity contribution in [2.24, 2.45) is 0 Å². The van der Waals surface area contributed by atoms with Gasteiger partial charge >= 0.3 is 0 Å². The van der Waals surface area contributed by atoms with E-state index in [2.05, 4.69) is 0 Å². The number of halogens is 1. The smallest absolute Gasteiger partial charge is 0.236 e. The average Bonchev–Trinajstić information content (AvgIpc) is 2.09. The second-order valence-electron chi connectivity index (χ2n) is 3.95. The van der Waals surface area contributed by atoms with Gasteiger partial charge in [-0.3, -0.25) is 9.69 Å². The van der Waals surface area contributed by atoms with Gasteiger partial charge in [0.05, 0.1) is 6.54 Å². The molecule has 0 bridgehead atoms. The van der Waals surface area contributed by atoms with Crippen molar-refractivity contribution in [3.63, 3.8) is 0 Å². The van der Waals surface area contributed by atoms with Crippen LogP contribution >= 0.6 is 0 Å². The highest BCUT2D eigenvalue weighted by atomic mass is 19.1. The van der Waals surface area contributed by atoms with E-state index in [0.29, 0.717) is 13.0 Å². The van der Waals surface area contributed by atoms with Crippen LogP contribution in [0.5, 0.6) is 0 Å². The van der Waals surface area contributed by atoms with Gasteiger partial charge in [0.1, 0.15) is 6.17 Å². The lowest BCUT2D eigenvalue weighted by molar-refractivity contribution is -0.137. The second-order valence-corrected chi connectivity index (χ2v) is 3.95. The van der Waals surface area contributed by atoms with Crippen molar-refractivity contribution < 1.29 is 9.18 Å². The fourth-order valence-corrected chi connectivity index (χ4v) is 1.91. The summed E-state index contributed by atoms with van der Waals surface area (Å²) in [5, 5.41) is 0. The van der Waals surface area contributed by atoms with E-state index in [9.17, 15) is 9.18 Å². The molecule has 1 saturated carbocycles. The van der Waals surface area contributed by atoms with Gasteiger partial charge in [-0.1, -0.05) is 0 Å². The van der Waals surface area contributed by atoms with Crippen LogP contribution in [0.1, 0.15) is 12.8 Å². The highest BCUT2D eigenvalue weighted by Gasteiger charge is 2.38. The van der Waals surface area contributed by atoms with Gasteiger partial charge in [-0.2, -0.15) is 0 Å². The van der Waals surface area contributed by atoms with E-state index in [-0.39, 0.29) is 11.9 Å². The van der Waals surface area contributed by atoms with Gasteiger partial charge in [-0.15, -0.1) is 0 Å². The van der Waals surface area contributed by atoms with E-state index in [1.807, 2.05) is 4.90 Å². The fourth-order valence-electron chi connectivity index (χ4n) is 1.91. The quantitative estimate of drug-likeness (QED) is 0.586. The van der Waals surface area contributed by atoms with Crippen LogP contribution in [0.4, 0.5) is 4.39 Å². The maximum absolute atomic E-state index is 13.0. The van der Waals surface area contributed by atoms with Crippen molar-refractivity contribution in [2.45, 2.75) is 25.1 Å². The Morgan fingerprint density at radius 2 is 2.15 bits per heavy atom. The van der Waals surface area contributed by atoms with Crippen molar-refractivity contribution in [2.75, 3.05) is 26.7 Å². The summed E-state index contributed by atoms with van der Waals surface area (Å²) in [7, 11) is 1.80. The molecule has 0 aromatic carbocycles. The first-order valence-corrected chi connectivity index (χ1v) is 4.80. The van der Waals surface area contributed by atoms with Gasteiger partial charge < -0.3 is 4.90 Å². The van der Waals surface area contributed by atoms with Crippen LogP contribution in [0.2, 0.25) is 0 Å². The number of piperazine rings is 1. The molecule has 2 unspecified atom stereocenters. The lowest BCUT2D eigenvalue weighted by atomic mass is 9.88. The Kier molecular flexibility index (Phi) is 2.24. The first-order chi connectivity index (χ1) is 6.18.